The monoisotopic (exact) mass is 423 g/mol. The SMILES string of the molecule is Clc1ccc(-n2nc(-c3ccccc3)cc2Nc2ccccc2Br)cc1. The van der Waals surface area contributed by atoms with Crippen molar-refractivity contribution in [1.29, 1.82) is 0 Å². The van der Waals surface area contributed by atoms with Gasteiger partial charge < -0.3 is 5.32 Å². The van der Waals surface area contributed by atoms with Crippen LogP contribution in [0.4, 0.5) is 11.5 Å². The quantitative estimate of drug-likeness (QED) is 0.395. The average Bonchev–Trinajstić information content (AvgIpc) is 3.09. The second kappa shape index (κ2) is 7.36. The maximum Gasteiger partial charge on any atom is 0.134 e. The summed E-state index contributed by atoms with van der Waals surface area (Å²) in [5.74, 6) is 0.873. The fourth-order valence-electron chi connectivity index (χ4n) is 2.70. The summed E-state index contributed by atoms with van der Waals surface area (Å²) in [6.45, 7) is 0. The van der Waals surface area contributed by atoms with Gasteiger partial charge in [0.25, 0.3) is 0 Å². The molecule has 1 N–H and O–H groups in total. The minimum absolute atomic E-state index is 0.699. The number of hydrogen-bond acceptors (Lipinski definition) is 2. The lowest BCUT2D eigenvalue weighted by atomic mass is 10.1. The Morgan fingerprint density at radius 2 is 1.54 bits per heavy atom. The number of para-hydroxylation sites is 1. The third-order valence-corrected chi connectivity index (χ3v) is 4.93. The third kappa shape index (κ3) is 3.52. The number of anilines is 2. The van der Waals surface area contributed by atoms with E-state index in [0.29, 0.717) is 5.02 Å². The van der Waals surface area contributed by atoms with E-state index in [0.717, 1.165) is 32.9 Å². The van der Waals surface area contributed by atoms with Crippen molar-refractivity contribution in [1.82, 2.24) is 9.78 Å². The first-order valence-electron chi connectivity index (χ1n) is 8.14. The molecular formula is C21H15BrClN3. The molecule has 0 bridgehead atoms. The highest BCUT2D eigenvalue weighted by Gasteiger charge is 2.12. The molecule has 0 radical (unpaired) electrons. The summed E-state index contributed by atoms with van der Waals surface area (Å²) in [6, 6.07) is 27.8. The fourth-order valence-corrected chi connectivity index (χ4v) is 3.21. The van der Waals surface area contributed by atoms with E-state index in [9.17, 15) is 0 Å². The molecule has 1 heterocycles. The molecule has 0 unspecified atom stereocenters. The molecule has 26 heavy (non-hydrogen) atoms. The van der Waals surface area contributed by atoms with Crippen LogP contribution in [0.5, 0.6) is 0 Å². The molecule has 0 saturated carbocycles. The summed E-state index contributed by atoms with van der Waals surface area (Å²) in [7, 11) is 0. The minimum Gasteiger partial charge on any atom is -0.339 e. The standard InChI is InChI=1S/C21H15BrClN3/c22-18-8-4-5-9-19(18)24-21-14-20(15-6-2-1-3-7-15)25-26(21)17-12-10-16(23)11-13-17/h1-14,24H. The second-order valence-corrected chi connectivity index (χ2v) is 7.06. The molecule has 0 aliphatic carbocycles. The molecule has 0 spiro atoms. The van der Waals surface area contributed by atoms with Crippen molar-refractivity contribution in [3.05, 3.63) is 94.4 Å². The number of rotatable bonds is 4. The van der Waals surface area contributed by atoms with Crippen molar-refractivity contribution >= 4 is 39.0 Å². The topological polar surface area (TPSA) is 29.9 Å². The molecule has 0 aliphatic heterocycles. The molecule has 3 nitrogen and oxygen atoms in total. The fraction of sp³-hybridized carbons (Fsp3) is 0. The predicted octanol–water partition coefficient (Wildman–Crippen LogP) is 6.70. The summed E-state index contributed by atoms with van der Waals surface area (Å²) in [4.78, 5) is 0. The van der Waals surface area contributed by atoms with Gasteiger partial charge in [0.15, 0.2) is 0 Å². The van der Waals surface area contributed by atoms with E-state index in [1.165, 1.54) is 0 Å². The van der Waals surface area contributed by atoms with Crippen molar-refractivity contribution < 1.29 is 0 Å². The molecule has 5 heteroatoms. The molecule has 1 aromatic heterocycles. The van der Waals surface area contributed by atoms with Gasteiger partial charge in [-0.05, 0) is 52.3 Å². The Morgan fingerprint density at radius 3 is 2.27 bits per heavy atom. The van der Waals surface area contributed by atoms with Gasteiger partial charge in [0.2, 0.25) is 0 Å². The van der Waals surface area contributed by atoms with Gasteiger partial charge >= 0.3 is 0 Å². The molecule has 0 atom stereocenters. The van der Waals surface area contributed by atoms with E-state index in [1.54, 1.807) is 0 Å². The number of benzene rings is 3. The Bertz CT molecular complexity index is 1030. The van der Waals surface area contributed by atoms with Crippen LogP contribution < -0.4 is 5.32 Å². The maximum absolute atomic E-state index is 6.04. The van der Waals surface area contributed by atoms with Crippen LogP contribution >= 0.6 is 27.5 Å². The lowest BCUT2D eigenvalue weighted by Crippen LogP contribution is -2.02. The van der Waals surface area contributed by atoms with Gasteiger partial charge in [-0.25, -0.2) is 4.68 Å². The Hall–Kier alpha value is -2.56. The number of aromatic nitrogens is 2. The Labute approximate surface area is 165 Å². The van der Waals surface area contributed by atoms with Gasteiger partial charge in [0.05, 0.1) is 17.1 Å². The highest BCUT2D eigenvalue weighted by Crippen LogP contribution is 2.30. The largest absolute Gasteiger partial charge is 0.339 e. The van der Waals surface area contributed by atoms with Crippen LogP contribution in [0.25, 0.3) is 16.9 Å². The average molecular weight is 425 g/mol. The van der Waals surface area contributed by atoms with E-state index in [4.69, 9.17) is 16.7 Å². The van der Waals surface area contributed by atoms with Crippen LogP contribution in [-0.2, 0) is 0 Å². The van der Waals surface area contributed by atoms with E-state index >= 15 is 0 Å². The summed E-state index contributed by atoms with van der Waals surface area (Å²) in [5, 5.41) is 8.97. The van der Waals surface area contributed by atoms with Gasteiger partial charge in [-0.2, -0.15) is 5.10 Å². The van der Waals surface area contributed by atoms with Gasteiger partial charge in [0, 0.05) is 21.1 Å². The zero-order chi connectivity index (χ0) is 17.9. The Balaban J connectivity index is 1.81. The first-order valence-corrected chi connectivity index (χ1v) is 9.31. The molecule has 4 aromatic rings. The molecule has 128 valence electrons. The van der Waals surface area contributed by atoms with Crippen molar-refractivity contribution in [2.45, 2.75) is 0 Å². The molecule has 0 amide bonds. The maximum atomic E-state index is 6.04. The smallest absolute Gasteiger partial charge is 0.134 e. The van der Waals surface area contributed by atoms with Crippen molar-refractivity contribution in [3.8, 4) is 16.9 Å². The van der Waals surface area contributed by atoms with Crippen molar-refractivity contribution in [3.63, 3.8) is 0 Å². The number of nitrogens with one attached hydrogen (secondary N) is 1. The lowest BCUT2D eigenvalue weighted by molar-refractivity contribution is 0.892. The second-order valence-electron chi connectivity index (χ2n) is 5.77. The summed E-state index contributed by atoms with van der Waals surface area (Å²) in [6.07, 6.45) is 0. The Morgan fingerprint density at radius 1 is 0.846 bits per heavy atom. The number of nitrogens with zero attached hydrogens (tertiary/aromatic N) is 2. The van der Waals surface area contributed by atoms with Gasteiger partial charge in [0.1, 0.15) is 5.82 Å². The van der Waals surface area contributed by atoms with E-state index < -0.39 is 0 Å². The van der Waals surface area contributed by atoms with Crippen molar-refractivity contribution in [2.75, 3.05) is 5.32 Å². The highest BCUT2D eigenvalue weighted by atomic mass is 79.9. The molecule has 0 fully saturated rings. The summed E-state index contributed by atoms with van der Waals surface area (Å²) < 4.78 is 2.88. The van der Waals surface area contributed by atoms with Crippen LogP contribution in [0.3, 0.4) is 0 Å². The van der Waals surface area contributed by atoms with E-state index in [-0.39, 0.29) is 0 Å². The molecular weight excluding hydrogens is 410 g/mol. The zero-order valence-electron chi connectivity index (χ0n) is 13.7. The Kier molecular flexibility index (Phi) is 4.78. The van der Waals surface area contributed by atoms with E-state index in [1.807, 2.05) is 77.5 Å². The van der Waals surface area contributed by atoms with Crippen LogP contribution in [0, 0.1) is 0 Å². The summed E-state index contributed by atoms with van der Waals surface area (Å²) in [5.41, 5.74) is 3.87. The van der Waals surface area contributed by atoms with Crippen molar-refractivity contribution in [2.24, 2.45) is 0 Å². The van der Waals surface area contributed by atoms with Gasteiger partial charge in [-0.15, -0.1) is 0 Å². The normalized spacial score (nSPS) is 10.7. The summed E-state index contributed by atoms with van der Waals surface area (Å²) >= 11 is 9.63. The van der Waals surface area contributed by atoms with Crippen LogP contribution in [0.15, 0.2) is 89.4 Å². The van der Waals surface area contributed by atoms with E-state index in [2.05, 4.69) is 33.4 Å². The first kappa shape index (κ1) is 16.9. The predicted molar refractivity (Wildman–Crippen MR) is 111 cm³/mol. The number of hydrogen-bond donors (Lipinski definition) is 1. The molecule has 4 rings (SSSR count). The molecule has 0 saturated heterocycles. The number of halogens is 2. The zero-order valence-corrected chi connectivity index (χ0v) is 16.1. The minimum atomic E-state index is 0.699. The van der Waals surface area contributed by atoms with Crippen LogP contribution in [-0.4, -0.2) is 9.78 Å². The van der Waals surface area contributed by atoms with Gasteiger partial charge in [-0.3, -0.25) is 0 Å². The van der Waals surface area contributed by atoms with Gasteiger partial charge in [-0.1, -0.05) is 54.1 Å². The first-order chi connectivity index (χ1) is 12.7. The molecule has 0 aliphatic rings. The highest BCUT2D eigenvalue weighted by molar-refractivity contribution is 9.10. The van der Waals surface area contributed by atoms with Crippen LogP contribution in [0.2, 0.25) is 5.02 Å². The third-order valence-electron chi connectivity index (χ3n) is 3.99. The molecule has 3 aromatic carbocycles. The van der Waals surface area contributed by atoms with Crippen LogP contribution in [0.1, 0.15) is 0 Å². The lowest BCUT2D eigenvalue weighted by Gasteiger charge is -2.11.